The summed E-state index contributed by atoms with van der Waals surface area (Å²) >= 11 is 0.230. The Morgan fingerprint density at radius 1 is 0.444 bits per heavy atom. The van der Waals surface area contributed by atoms with Crippen LogP contribution in [0.4, 0.5) is 0 Å². The normalized spacial score (nSPS) is 10.4. The number of esters is 2. The molecule has 0 unspecified atom stereocenters. The number of carbonyl (C=O) groups is 4. The summed E-state index contributed by atoms with van der Waals surface area (Å²) in [5.74, 6) is -4.01. The Kier molecular flexibility index (Phi) is 44.6. The molecule has 260 valence electrons. The second-order valence-corrected chi connectivity index (χ2v) is 14.1. The van der Waals surface area contributed by atoms with Gasteiger partial charge < -0.3 is 29.3 Å². The molecule has 0 aliphatic rings. The van der Waals surface area contributed by atoms with Crippen LogP contribution < -0.4 is 10.2 Å². The molecule has 0 aliphatic carbocycles. The molecule has 0 fully saturated rings. The van der Waals surface area contributed by atoms with Crippen molar-refractivity contribution >= 4 is 45.0 Å². The number of aliphatic carboxylic acids is 2. The molecule has 0 aromatic heterocycles. The minimum atomic E-state index is -1.39. The first-order valence-electron chi connectivity index (χ1n) is 17.4. The zero-order valence-corrected chi connectivity index (χ0v) is 31.9. The molecule has 0 saturated carbocycles. The molecule has 0 radical (unpaired) electrons. The molecule has 8 nitrogen and oxygen atoms in total. The van der Waals surface area contributed by atoms with Crippen molar-refractivity contribution < 1.29 is 38.9 Å². The van der Waals surface area contributed by atoms with E-state index in [-0.39, 0.29) is 21.1 Å². The molecule has 0 rings (SSSR count). The molecule has 0 atom stereocenters. The van der Waals surface area contributed by atoms with E-state index in [4.69, 9.17) is 9.47 Å². The number of unbranched alkanes of at least 4 members (excludes halogenated alkanes) is 20. The summed E-state index contributed by atoms with van der Waals surface area (Å²) in [6, 6.07) is 0. The Bertz CT molecular complexity index is 677. The van der Waals surface area contributed by atoms with E-state index >= 15 is 0 Å². The number of carbonyl (C=O) groups excluding carboxylic acids is 4. The Hall–Kier alpha value is -1.84. The zero-order chi connectivity index (χ0) is 34.2. The molecule has 45 heavy (non-hydrogen) atoms. The third-order valence-electron chi connectivity index (χ3n) is 6.70. The first kappa shape index (κ1) is 47.6. The van der Waals surface area contributed by atoms with Gasteiger partial charge in [0.25, 0.3) is 0 Å². The number of hydrogen-bond acceptors (Lipinski definition) is 8. The monoisotopic (exact) mass is 744 g/mol. The summed E-state index contributed by atoms with van der Waals surface area (Å²) in [4.78, 5) is 46.8. The molecule has 0 saturated heterocycles. The van der Waals surface area contributed by atoms with Crippen LogP contribution in [0.1, 0.15) is 155 Å². The van der Waals surface area contributed by atoms with Gasteiger partial charge in [-0.15, -0.1) is 0 Å². The van der Waals surface area contributed by atoms with E-state index in [0.29, 0.717) is 25.4 Å². The standard InChI is InChI=1S/2C17H30O4.2CH3.Sn/c2*1-2-3-4-5-6-7-8-9-10-11-12-15-21-17(20)14-13-16(18)19;;;/h2*13-14H,2-12,15H2,1H3,(H,18,19);2*1H3;/q;;;;+2/p-2/b2*14-13-;;;. The fourth-order valence-electron chi connectivity index (χ4n) is 4.25. The van der Waals surface area contributed by atoms with Gasteiger partial charge in [-0.1, -0.05) is 142 Å². The van der Waals surface area contributed by atoms with Crippen LogP contribution in [0.5, 0.6) is 0 Å². The van der Waals surface area contributed by atoms with Gasteiger partial charge in [0.1, 0.15) is 0 Å². The van der Waals surface area contributed by atoms with E-state index in [2.05, 4.69) is 23.7 Å². The van der Waals surface area contributed by atoms with Gasteiger partial charge >= 0.3 is 43.0 Å². The van der Waals surface area contributed by atoms with Gasteiger partial charge in [-0.3, -0.25) is 0 Å². The van der Waals surface area contributed by atoms with E-state index in [1.807, 2.05) is 0 Å². The second kappa shape index (κ2) is 42.2. The van der Waals surface area contributed by atoms with Crippen molar-refractivity contribution in [3.63, 3.8) is 0 Å². The van der Waals surface area contributed by atoms with Crippen molar-refractivity contribution in [1.82, 2.24) is 0 Å². The number of carboxylic acids is 2. The summed E-state index contributed by atoms with van der Waals surface area (Å²) in [7, 11) is 0. The van der Waals surface area contributed by atoms with Gasteiger partial charge in [-0.05, 0) is 25.0 Å². The van der Waals surface area contributed by atoms with Crippen molar-refractivity contribution in [3.8, 4) is 0 Å². The topological polar surface area (TPSA) is 133 Å². The van der Waals surface area contributed by atoms with Gasteiger partial charge in [0.15, 0.2) is 0 Å². The predicted molar refractivity (Wildman–Crippen MR) is 181 cm³/mol. The van der Waals surface area contributed by atoms with Crippen LogP contribution in [-0.2, 0) is 28.7 Å². The first-order chi connectivity index (χ1) is 21.7. The van der Waals surface area contributed by atoms with Crippen LogP contribution in [0.3, 0.4) is 0 Å². The van der Waals surface area contributed by atoms with Crippen molar-refractivity contribution in [2.75, 3.05) is 13.2 Å². The SMILES string of the molecule is CCCCCCCCCCCCCOC(=O)/C=C\C(=O)[O-].CCCCCCCCCCCCCOC(=O)/C=C\C(=O)[O-].[CH3][Sn+2][CH3]. The van der Waals surface area contributed by atoms with Crippen LogP contribution in [0.15, 0.2) is 24.3 Å². The maximum atomic E-state index is 11.0. The molecule has 0 aromatic carbocycles. The molecule has 0 heterocycles. The average Bonchev–Trinajstić information content (AvgIpc) is 3.00. The number of ether oxygens (including phenoxy) is 2. The summed E-state index contributed by atoms with van der Waals surface area (Å²) in [5, 5.41) is 20.1. The summed E-state index contributed by atoms with van der Waals surface area (Å²) in [6.07, 6.45) is 30.4. The number of carboxylic acid groups (broad SMARTS) is 2. The first-order valence-corrected chi connectivity index (χ1v) is 23.2. The van der Waals surface area contributed by atoms with E-state index < -0.39 is 23.9 Å². The molecule has 0 aromatic rings. The van der Waals surface area contributed by atoms with Gasteiger partial charge in [0.05, 0.1) is 25.2 Å². The molecule has 0 bridgehead atoms. The average molecular weight is 744 g/mol. The predicted octanol–water partition coefficient (Wildman–Crippen LogP) is 7.08. The Labute approximate surface area is 285 Å². The van der Waals surface area contributed by atoms with Crippen LogP contribution in [0, 0.1) is 0 Å². The van der Waals surface area contributed by atoms with Gasteiger partial charge in [0, 0.05) is 12.2 Å². The van der Waals surface area contributed by atoms with Crippen LogP contribution in [-0.4, -0.2) is 58.2 Å². The number of rotatable bonds is 28. The van der Waals surface area contributed by atoms with E-state index in [9.17, 15) is 29.4 Å². The molecule has 0 N–H and O–H groups in total. The van der Waals surface area contributed by atoms with E-state index in [1.54, 1.807) is 0 Å². The Morgan fingerprint density at radius 3 is 0.889 bits per heavy atom. The molecule has 9 heteroatoms. The van der Waals surface area contributed by atoms with Crippen molar-refractivity contribution in [2.24, 2.45) is 0 Å². The summed E-state index contributed by atoms with van der Waals surface area (Å²) < 4.78 is 9.72. The van der Waals surface area contributed by atoms with E-state index in [1.165, 1.54) is 116 Å². The summed E-state index contributed by atoms with van der Waals surface area (Å²) in [5.41, 5.74) is 0. The Balaban J connectivity index is -0.000000720. The second-order valence-electron chi connectivity index (χ2n) is 11.2. The zero-order valence-electron chi connectivity index (χ0n) is 29.0. The van der Waals surface area contributed by atoms with Crippen LogP contribution in [0.25, 0.3) is 0 Å². The fraction of sp³-hybridized carbons (Fsp3) is 0.778. The quantitative estimate of drug-likeness (QED) is 0.0360. The van der Waals surface area contributed by atoms with Crippen LogP contribution >= 0.6 is 0 Å². The van der Waals surface area contributed by atoms with Crippen molar-refractivity contribution in [2.45, 2.75) is 165 Å². The van der Waals surface area contributed by atoms with Gasteiger partial charge in [-0.25, -0.2) is 9.59 Å². The molecule has 0 aliphatic heterocycles. The minimum absolute atomic E-state index is 0.230. The Morgan fingerprint density at radius 2 is 0.667 bits per heavy atom. The van der Waals surface area contributed by atoms with Crippen molar-refractivity contribution in [1.29, 1.82) is 0 Å². The van der Waals surface area contributed by atoms with Gasteiger partial charge in [-0.2, -0.15) is 0 Å². The third-order valence-corrected chi connectivity index (χ3v) is 6.70. The van der Waals surface area contributed by atoms with Crippen LogP contribution in [0.2, 0.25) is 9.88 Å². The van der Waals surface area contributed by atoms with Crippen molar-refractivity contribution in [3.05, 3.63) is 24.3 Å². The molecule has 0 spiro atoms. The van der Waals surface area contributed by atoms with Gasteiger partial charge in [0.2, 0.25) is 0 Å². The van der Waals surface area contributed by atoms with E-state index in [0.717, 1.165) is 37.8 Å². The maximum absolute atomic E-state index is 11.0. The summed E-state index contributed by atoms with van der Waals surface area (Å²) in [6.45, 7) is 5.17. The molecular weight excluding hydrogens is 679 g/mol. The fourth-order valence-corrected chi connectivity index (χ4v) is 4.25. The molecular formula is C36H64O8Sn. The molecule has 0 amide bonds. The number of hydrogen-bond donors (Lipinski definition) is 0. The third kappa shape index (κ3) is 52.0.